The Bertz CT molecular complexity index is 604. The predicted octanol–water partition coefficient (Wildman–Crippen LogP) is 2.41. The van der Waals surface area contributed by atoms with Crippen molar-refractivity contribution in [2.45, 2.75) is 26.3 Å². The molecule has 0 bridgehead atoms. The fourth-order valence-electron chi connectivity index (χ4n) is 3.29. The molecule has 0 saturated carbocycles. The van der Waals surface area contributed by atoms with E-state index in [2.05, 4.69) is 34.4 Å². The zero-order valence-electron chi connectivity index (χ0n) is 16.9. The van der Waals surface area contributed by atoms with Crippen LogP contribution in [-0.4, -0.2) is 70.5 Å². The summed E-state index contributed by atoms with van der Waals surface area (Å²) in [6, 6.07) is 6.25. The van der Waals surface area contributed by atoms with Crippen LogP contribution in [0.5, 0.6) is 5.75 Å². The lowest BCUT2D eigenvalue weighted by atomic mass is 10.0. The fraction of sp³-hybridized carbons (Fsp3) is 0.650. The van der Waals surface area contributed by atoms with Crippen LogP contribution in [-0.2, 0) is 11.2 Å². The lowest BCUT2D eigenvalue weighted by Crippen LogP contribution is -2.52. The molecule has 152 valence electrons. The van der Waals surface area contributed by atoms with E-state index in [-0.39, 0.29) is 0 Å². The molecule has 2 rings (SSSR count). The van der Waals surface area contributed by atoms with E-state index in [0.29, 0.717) is 12.0 Å². The third-order valence-electron chi connectivity index (χ3n) is 4.93. The van der Waals surface area contributed by atoms with E-state index in [1.807, 2.05) is 18.2 Å². The average molecular weight is 397 g/mol. The summed E-state index contributed by atoms with van der Waals surface area (Å²) in [6.07, 6.45) is 0.820. The third kappa shape index (κ3) is 6.87. The van der Waals surface area contributed by atoms with Gasteiger partial charge in [0, 0.05) is 44.3 Å². The highest BCUT2D eigenvalue weighted by atomic mass is 35.5. The Morgan fingerprint density at radius 1 is 1.30 bits per heavy atom. The van der Waals surface area contributed by atoms with Gasteiger partial charge < -0.3 is 20.1 Å². The molecule has 1 aliphatic rings. The lowest BCUT2D eigenvalue weighted by Gasteiger charge is -2.37. The molecule has 1 aromatic rings. The van der Waals surface area contributed by atoms with E-state index in [0.717, 1.165) is 68.1 Å². The minimum Gasteiger partial charge on any atom is -0.497 e. The van der Waals surface area contributed by atoms with E-state index >= 15 is 0 Å². The lowest BCUT2D eigenvalue weighted by molar-refractivity contribution is 0.00752. The first-order chi connectivity index (χ1) is 13.0. The van der Waals surface area contributed by atoms with Crippen molar-refractivity contribution in [3.63, 3.8) is 0 Å². The van der Waals surface area contributed by atoms with E-state index in [1.165, 1.54) is 0 Å². The molecule has 0 aromatic heterocycles. The fourth-order valence-corrected chi connectivity index (χ4v) is 3.56. The highest BCUT2D eigenvalue weighted by Gasteiger charge is 2.23. The van der Waals surface area contributed by atoms with Crippen LogP contribution >= 0.6 is 11.6 Å². The number of morpholine rings is 1. The van der Waals surface area contributed by atoms with E-state index < -0.39 is 0 Å². The molecule has 0 amide bonds. The zero-order valence-corrected chi connectivity index (χ0v) is 17.7. The molecule has 1 atom stereocenters. The number of rotatable bonds is 8. The number of hydrogen-bond donors (Lipinski definition) is 2. The van der Waals surface area contributed by atoms with E-state index in [9.17, 15) is 0 Å². The van der Waals surface area contributed by atoms with Crippen molar-refractivity contribution in [1.29, 1.82) is 0 Å². The second-order valence-corrected chi connectivity index (χ2v) is 7.45. The number of ether oxygens (including phenoxy) is 2. The summed E-state index contributed by atoms with van der Waals surface area (Å²) in [6.45, 7) is 9.78. The zero-order chi connectivity index (χ0) is 19.6. The van der Waals surface area contributed by atoms with Crippen molar-refractivity contribution in [3.05, 3.63) is 28.8 Å². The average Bonchev–Trinajstić information content (AvgIpc) is 2.68. The molecule has 27 heavy (non-hydrogen) atoms. The predicted molar refractivity (Wildman–Crippen MR) is 112 cm³/mol. The van der Waals surface area contributed by atoms with Gasteiger partial charge in [-0.15, -0.1) is 0 Å². The number of hydrogen-bond acceptors (Lipinski definition) is 4. The van der Waals surface area contributed by atoms with Crippen LogP contribution in [0.15, 0.2) is 23.2 Å². The summed E-state index contributed by atoms with van der Waals surface area (Å²) in [7, 11) is 3.44. The Balaban J connectivity index is 1.80. The van der Waals surface area contributed by atoms with E-state index in [1.54, 1.807) is 14.2 Å². The second kappa shape index (κ2) is 11.4. The number of halogens is 1. The number of benzene rings is 1. The van der Waals surface area contributed by atoms with Gasteiger partial charge in [-0.05, 0) is 30.0 Å². The number of nitrogens with zero attached hydrogens (tertiary/aromatic N) is 2. The summed E-state index contributed by atoms with van der Waals surface area (Å²) < 4.78 is 10.7. The summed E-state index contributed by atoms with van der Waals surface area (Å²) in [5, 5.41) is 7.58. The van der Waals surface area contributed by atoms with Gasteiger partial charge in [0.15, 0.2) is 5.96 Å². The van der Waals surface area contributed by atoms with Crippen molar-refractivity contribution in [2.75, 3.05) is 53.6 Å². The first kappa shape index (κ1) is 21.8. The maximum Gasteiger partial charge on any atom is 0.191 e. The minimum atomic E-state index is 0.462. The minimum absolute atomic E-state index is 0.462. The number of aliphatic imine (C=N–C) groups is 1. The largest absolute Gasteiger partial charge is 0.497 e. The van der Waals surface area contributed by atoms with Gasteiger partial charge in [0.2, 0.25) is 0 Å². The van der Waals surface area contributed by atoms with E-state index in [4.69, 9.17) is 21.1 Å². The molecule has 2 N–H and O–H groups in total. The quantitative estimate of drug-likeness (QED) is 0.522. The van der Waals surface area contributed by atoms with Crippen LogP contribution in [0.3, 0.4) is 0 Å². The number of methoxy groups -OCH3 is 1. The highest BCUT2D eigenvalue weighted by Crippen LogP contribution is 2.22. The van der Waals surface area contributed by atoms with Gasteiger partial charge in [-0.25, -0.2) is 0 Å². The Hall–Kier alpha value is -1.50. The van der Waals surface area contributed by atoms with Gasteiger partial charge in [0.05, 0.1) is 20.3 Å². The van der Waals surface area contributed by atoms with Crippen molar-refractivity contribution in [3.8, 4) is 5.75 Å². The molecule has 6 nitrogen and oxygen atoms in total. The smallest absolute Gasteiger partial charge is 0.191 e. The standard InChI is InChI=1S/C20H33ClN4O2/c1-15(2)19(25-9-11-27-12-10-25)14-24-20(22-3)23-8-7-16-5-6-17(26-4)13-18(16)21/h5-6,13,15,19H,7-12,14H2,1-4H3,(H2,22,23,24). The van der Waals surface area contributed by atoms with Crippen LogP contribution < -0.4 is 15.4 Å². The molecule has 1 fully saturated rings. The molecule has 0 radical (unpaired) electrons. The Morgan fingerprint density at radius 3 is 2.63 bits per heavy atom. The Labute approximate surface area is 168 Å². The van der Waals surface area contributed by atoms with Crippen LogP contribution in [0.4, 0.5) is 0 Å². The van der Waals surface area contributed by atoms with Crippen LogP contribution in [0.25, 0.3) is 0 Å². The molecule has 7 heteroatoms. The second-order valence-electron chi connectivity index (χ2n) is 7.05. The topological polar surface area (TPSA) is 58.1 Å². The van der Waals surface area contributed by atoms with Crippen LogP contribution in [0.2, 0.25) is 5.02 Å². The van der Waals surface area contributed by atoms with Gasteiger partial charge in [0.1, 0.15) is 5.75 Å². The van der Waals surface area contributed by atoms with Gasteiger partial charge in [-0.2, -0.15) is 0 Å². The molecule has 1 aliphatic heterocycles. The SMILES string of the molecule is CN=C(NCCc1ccc(OC)cc1Cl)NCC(C(C)C)N1CCOCC1. The first-order valence-electron chi connectivity index (χ1n) is 9.64. The molecule has 1 saturated heterocycles. The number of nitrogens with one attached hydrogen (secondary N) is 2. The molecule has 1 aromatic carbocycles. The summed E-state index contributed by atoms with van der Waals surface area (Å²) in [5.74, 6) is 2.15. The summed E-state index contributed by atoms with van der Waals surface area (Å²) >= 11 is 6.31. The van der Waals surface area contributed by atoms with Crippen molar-refractivity contribution in [1.82, 2.24) is 15.5 Å². The Morgan fingerprint density at radius 2 is 2.04 bits per heavy atom. The van der Waals surface area contributed by atoms with Crippen molar-refractivity contribution >= 4 is 17.6 Å². The molecule has 1 unspecified atom stereocenters. The van der Waals surface area contributed by atoms with Crippen molar-refractivity contribution in [2.24, 2.45) is 10.9 Å². The number of guanidine groups is 1. The van der Waals surface area contributed by atoms with Gasteiger partial charge in [-0.1, -0.05) is 31.5 Å². The Kier molecular flexibility index (Phi) is 9.18. The maximum absolute atomic E-state index is 6.31. The van der Waals surface area contributed by atoms with Crippen molar-refractivity contribution < 1.29 is 9.47 Å². The normalized spacial score (nSPS) is 17.0. The monoisotopic (exact) mass is 396 g/mol. The molecular weight excluding hydrogens is 364 g/mol. The van der Waals surface area contributed by atoms with Gasteiger partial charge in [0.25, 0.3) is 0 Å². The van der Waals surface area contributed by atoms with Crippen LogP contribution in [0, 0.1) is 5.92 Å². The molecule has 0 aliphatic carbocycles. The third-order valence-corrected chi connectivity index (χ3v) is 5.29. The molecule has 1 heterocycles. The van der Waals surface area contributed by atoms with Gasteiger partial charge in [-0.3, -0.25) is 9.89 Å². The van der Waals surface area contributed by atoms with Crippen LogP contribution in [0.1, 0.15) is 19.4 Å². The van der Waals surface area contributed by atoms with Gasteiger partial charge >= 0.3 is 0 Å². The summed E-state index contributed by atoms with van der Waals surface area (Å²) in [4.78, 5) is 6.85. The molecule has 0 spiro atoms. The molecular formula is C20H33ClN4O2. The first-order valence-corrected chi connectivity index (χ1v) is 10.0. The maximum atomic E-state index is 6.31. The summed E-state index contributed by atoms with van der Waals surface area (Å²) in [5.41, 5.74) is 1.09. The highest BCUT2D eigenvalue weighted by molar-refractivity contribution is 6.31.